The molecule has 1 nitrogen and oxygen atoms in total. The molecule has 2 heteroatoms. The van der Waals surface area contributed by atoms with Crippen molar-refractivity contribution in [2.45, 2.75) is 44.9 Å². The lowest BCUT2D eigenvalue weighted by atomic mass is 9.96. The third-order valence-corrected chi connectivity index (χ3v) is 4.99. The van der Waals surface area contributed by atoms with Crippen LogP contribution in [0.25, 0.3) is 0 Å². The highest BCUT2D eigenvalue weighted by Gasteiger charge is 2.24. The van der Waals surface area contributed by atoms with E-state index in [2.05, 4.69) is 75.2 Å². The molecule has 18 heavy (non-hydrogen) atoms. The van der Waals surface area contributed by atoms with E-state index in [-0.39, 0.29) is 0 Å². The minimum absolute atomic E-state index is 0.452. The van der Waals surface area contributed by atoms with Gasteiger partial charge in [0.25, 0.3) is 0 Å². The highest BCUT2D eigenvalue weighted by molar-refractivity contribution is 7.99. The molecule has 0 amide bonds. The lowest BCUT2D eigenvalue weighted by Gasteiger charge is -2.30. The topological polar surface area (TPSA) is 12.0 Å². The van der Waals surface area contributed by atoms with Gasteiger partial charge in [0, 0.05) is 11.3 Å². The van der Waals surface area contributed by atoms with Gasteiger partial charge in [-0.3, -0.25) is 0 Å². The van der Waals surface area contributed by atoms with Crippen LogP contribution in [0.15, 0.2) is 30.3 Å². The molecule has 0 fully saturated rings. The number of nitrogens with one attached hydrogen (secondary N) is 1. The normalized spacial score (nSPS) is 14.7. The Kier molecular flexibility index (Phi) is 7.45. The fraction of sp³-hybridized carbons (Fsp3) is 0.625. The molecule has 2 unspecified atom stereocenters. The van der Waals surface area contributed by atoms with Crippen molar-refractivity contribution in [3.63, 3.8) is 0 Å². The third kappa shape index (κ3) is 4.66. The molecule has 0 aliphatic carbocycles. The first-order chi connectivity index (χ1) is 8.70. The van der Waals surface area contributed by atoms with Crippen LogP contribution in [0.2, 0.25) is 0 Å². The summed E-state index contributed by atoms with van der Waals surface area (Å²) in [5.74, 6) is 1.95. The maximum absolute atomic E-state index is 3.51. The van der Waals surface area contributed by atoms with Gasteiger partial charge < -0.3 is 5.32 Å². The fourth-order valence-electron chi connectivity index (χ4n) is 2.22. The van der Waals surface area contributed by atoms with Crippen LogP contribution in [0.3, 0.4) is 0 Å². The minimum Gasteiger partial charge on any atom is -0.312 e. The molecule has 1 aromatic carbocycles. The van der Waals surface area contributed by atoms with Crippen LogP contribution in [0, 0.1) is 5.92 Å². The number of rotatable bonds is 8. The summed E-state index contributed by atoms with van der Waals surface area (Å²) in [5.41, 5.74) is 1.41. The van der Waals surface area contributed by atoms with E-state index in [1.807, 2.05) is 0 Å². The van der Waals surface area contributed by atoms with Crippen molar-refractivity contribution in [2.24, 2.45) is 5.92 Å². The average Bonchev–Trinajstić information content (AvgIpc) is 2.39. The number of unbranched alkanes of at least 4 members (excludes halogenated alkanes) is 1. The Morgan fingerprint density at radius 3 is 2.33 bits per heavy atom. The molecule has 0 radical (unpaired) electrons. The van der Waals surface area contributed by atoms with E-state index < -0.39 is 0 Å². The first kappa shape index (κ1) is 15.6. The van der Waals surface area contributed by atoms with Crippen LogP contribution in [-0.4, -0.2) is 18.1 Å². The first-order valence-electron chi connectivity index (χ1n) is 7.04. The van der Waals surface area contributed by atoms with Crippen LogP contribution in [0.4, 0.5) is 0 Å². The van der Waals surface area contributed by atoms with E-state index in [1.54, 1.807) is 0 Å². The van der Waals surface area contributed by atoms with E-state index in [9.17, 15) is 0 Å². The van der Waals surface area contributed by atoms with Crippen molar-refractivity contribution in [2.75, 3.05) is 12.8 Å². The van der Waals surface area contributed by atoms with Gasteiger partial charge in [0.05, 0.1) is 0 Å². The summed E-state index contributed by atoms with van der Waals surface area (Å²) in [7, 11) is 2.08. The molecule has 1 rings (SSSR count). The van der Waals surface area contributed by atoms with Gasteiger partial charge in [0.1, 0.15) is 0 Å². The summed E-state index contributed by atoms with van der Waals surface area (Å²) in [6.07, 6.45) is 2.60. The van der Waals surface area contributed by atoms with Crippen molar-refractivity contribution in [1.29, 1.82) is 0 Å². The van der Waals surface area contributed by atoms with E-state index in [1.165, 1.54) is 24.2 Å². The van der Waals surface area contributed by atoms with E-state index in [0.29, 0.717) is 17.2 Å². The molecule has 1 aromatic rings. The van der Waals surface area contributed by atoms with E-state index >= 15 is 0 Å². The zero-order valence-electron chi connectivity index (χ0n) is 12.1. The Morgan fingerprint density at radius 2 is 1.83 bits per heavy atom. The lowest BCUT2D eigenvalue weighted by molar-refractivity contribution is 0.472. The van der Waals surface area contributed by atoms with Crippen LogP contribution in [-0.2, 0) is 0 Å². The molecule has 2 atom stereocenters. The zero-order valence-corrected chi connectivity index (χ0v) is 13.0. The van der Waals surface area contributed by atoms with Gasteiger partial charge in [0.15, 0.2) is 0 Å². The predicted molar refractivity (Wildman–Crippen MR) is 84.2 cm³/mol. The SMILES string of the molecule is CCCCSC(C(C)C)C(NC)c1ccccc1. The quantitative estimate of drug-likeness (QED) is 0.694. The minimum atomic E-state index is 0.452. The van der Waals surface area contributed by atoms with Crippen molar-refractivity contribution >= 4 is 11.8 Å². The lowest BCUT2D eigenvalue weighted by Crippen LogP contribution is -2.31. The van der Waals surface area contributed by atoms with Crippen molar-refractivity contribution < 1.29 is 0 Å². The zero-order chi connectivity index (χ0) is 13.4. The summed E-state index contributed by atoms with van der Waals surface area (Å²) in [6, 6.07) is 11.3. The molecule has 0 heterocycles. The van der Waals surface area contributed by atoms with Gasteiger partial charge in [-0.2, -0.15) is 11.8 Å². The second kappa shape index (κ2) is 8.60. The molecule has 0 saturated heterocycles. The van der Waals surface area contributed by atoms with Gasteiger partial charge in [-0.1, -0.05) is 57.5 Å². The molecule has 0 aliphatic rings. The highest BCUT2D eigenvalue weighted by Crippen LogP contribution is 2.32. The summed E-state index contributed by atoms with van der Waals surface area (Å²) in [4.78, 5) is 0. The van der Waals surface area contributed by atoms with Crippen LogP contribution < -0.4 is 5.32 Å². The monoisotopic (exact) mass is 265 g/mol. The molecule has 1 N–H and O–H groups in total. The summed E-state index contributed by atoms with van der Waals surface area (Å²) in [6.45, 7) is 6.92. The molecule has 0 spiro atoms. The van der Waals surface area contributed by atoms with Crippen molar-refractivity contribution in [3.05, 3.63) is 35.9 Å². The van der Waals surface area contributed by atoms with Crippen molar-refractivity contribution in [1.82, 2.24) is 5.32 Å². The van der Waals surface area contributed by atoms with Gasteiger partial charge in [0.2, 0.25) is 0 Å². The number of hydrogen-bond acceptors (Lipinski definition) is 2. The maximum atomic E-state index is 3.51. The van der Waals surface area contributed by atoms with Crippen LogP contribution in [0.5, 0.6) is 0 Å². The Labute approximate surface area is 117 Å². The number of hydrogen-bond donors (Lipinski definition) is 1. The molecule has 102 valence electrons. The molecular weight excluding hydrogens is 238 g/mol. The average molecular weight is 265 g/mol. The van der Waals surface area contributed by atoms with Gasteiger partial charge in [-0.25, -0.2) is 0 Å². The Hall–Kier alpha value is -0.470. The van der Waals surface area contributed by atoms with Crippen molar-refractivity contribution in [3.8, 4) is 0 Å². The Bertz CT molecular complexity index is 310. The molecule has 0 aromatic heterocycles. The first-order valence-corrected chi connectivity index (χ1v) is 8.09. The van der Waals surface area contributed by atoms with Gasteiger partial charge in [-0.05, 0) is 30.7 Å². The standard InChI is InChI=1S/C16H27NS/c1-5-6-12-18-16(13(2)3)15(17-4)14-10-8-7-9-11-14/h7-11,13,15-17H,5-6,12H2,1-4H3. The fourth-order valence-corrected chi connectivity index (χ4v) is 3.82. The van der Waals surface area contributed by atoms with E-state index in [0.717, 1.165) is 0 Å². The number of thioether (sulfide) groups is 1. The van der Waals surface area contributed by atoms with Gasteiger partial charge in [-0.15, -0.1) is 0 Å². The molecule has 0 saturated carbocycles. The summed E-state index contributed by atoms with van der Waals surface area (Å²) < 4.78 is 0. The molecule has 0 aliphatic heterocycles. The van der Waals surface area contributed by atoms with E-state index in [4.69, 9.17) is 0 Å². The summed E-state index contributed by atoms with van der Waals surface area (Å²) >= 11 is 2.12. The largest absolute Gasteiger partial charge is 0.312 e. The van der Waals surface area contributed by atoms with Crippen LogP contribution >= 0.6 is 11.8 Å². The maximum Gasteiger partial charge on any atom is 0.0440 e. The highest BCUT2D eigenvalue weighted by atomic mass is 32.2. The second-order valence-electron chi connectivity index (χ2n) is 5.11. The Morgan fingerprint density at radius 1 is 1.17 bits per heavy atom. The number of benzene rings is 1. The molecular formula is C16H27NS. The predicted octanol–water partition coefficient (Wildman–Crippen LogP) is 4.51. The van der Waals surface area contributed by atoms with Gasteiger partial charge >= 0.3 is 0 Å². The second-order valence-corrected chi connectivity index (χ2v) is 6.40. The Balaban J connectivity index is 2.74. The summed E-state index contributed by atoms with van der Waals surface area (Å²) in [5, 5.41) is 4.15. The smallest absolute Gasteiger partial charge is 0.0440 e. The third-order valence-electron chi connectivity index (χ3n) is 3.26. The molecule has 0 bridgehead atoms. The van der Waals surface area contributed by atoms with Crippen LogP contribution in [0.1, 0.15) is 45.2 Å².